The second-order valence-electron chi connectivity index (χ2n) is 2.84. The minimum Gasteiger partial charge on any atom is -0.299 e. The van der Waals surface area contributed by atoms with E-state index in [-0.39, 0.29) is 0 Å². The molecule has 0 fully saturated rings. The molecule has 0 aromatic carbocycles. The smallest absolute Gasteiger partial charge is 0.143 e. The number of aldehydes is 1. The van der Waals surface area contributed by atoms with Crippen molar-refractivity contribution >= 4 is 11.9 Å². The predicted molar refractivity (Wildman–Crippen MR) is 46.6 cm³/mol. The Bertz CT molecular complexity index is 341. The van der Waals surface area contributed by atoms with Gasteiger partial charge in [-0.2, -0.15) is 0 Å². The molecule has 0 saturated carbocycles. The van der Waals surface area contributed by atoms with Crippen molar-refractivity contribution < 1.29 is 4.79 Å². The summed E-state index contributed by atoms with van der Waals surface area (Å²) in [5.41, 5.74) is 3.33. The van der Waals surface area contributed by atoms with E-state index in [9.17, 15) is 4.79 Å². The Labute approximate surface area is 70.9 Å². The number of rotatable bonds is 1. The van der Waals surface area contributed by atoms with Gasteiger partial charge in [0.15, 0.2) is 0 Å². The van der Waals surface area contributed by atoms with Gasteiger partial charge in [-0.05, 0) is 36.1 Å². The van der Waals surface area contributed by atoms with Crippen LogP contribution in [0.4, 0.5) is 0 Å². The van der Waals surface area contributed by atoms with Gasteiger partial charge < -0.3 is 0 Å². The number of carbonyl (C=O) groups excluding carboxylic acids is 1. The molecule has 0 atom stereocenters. The average Bonchev–Trinajstić information content (AvgIpc) is 2.50. The predicted octanol–water partition coefficient (Wildman–Crippen LogP) is 1.61. The lowest BCUT2D eigenvalue weighted by Crippen LogP contribution is -1.84. The highest BCUT2D eigenvalue weighted by molar-refractivity contribution is 5.83. The molecule has 0 saturated heterocycles. The molecule has 0 radical (unpaired) electrons. The summed E-state index contributed by atoms with van der Waals surface area (Å²) < 4.78 is 0. The van der Waals surface area contributed by atoms with Crippen molar-refractivity contribution in [1.29, 1.82) is 0 Å². The summed E-state index contributed by atoms with van der Waals surface area (Å²) in [6.07, 6.45) is 6.18. The second-order valence-corrected chi connectivity index (χ2v) is 2.84. The minimum absolute atomic E-state index is 0.832. The largest absolute Gasteiger partial charge is 0.299 e. The summed E-state index contributed by atoms with van der Waals surface area (Å²) >= 11 is 0. The molecule has 1 aromatic rings. The fraction of sp³-hybridized carbons (Fsp3) is 0.200. The molecule has 12 heavy (non-hydrogen) atoms. The second kappa shape index (κ2) is 2.89. The van der Waals surface area contributed by atoms with E-state index in [1.807, 2.05) is 6.07 Å². The van der Waals surface area contributed by atoms with E-state index in [4.69, 9.17) is 0 Å². The Morgan fingerprint density at radius 1 is 1.42 bits per heavy atom. The van der Waals surface area contributed by atoms with Gasteiger partial charge in [-0.3, -0.25) is 9.78 Å². The van der Waals surface area contributed by atoms with E-state index >= 15 is 0 Å². The SMILES string of the molecule is O=C/C=C1\CCc2cccnc21. The van der Waals surface area contributed by atoms with E-state index in [0.29, 0.717) is 0 Å². The summed E-state index contributed by atoms with van der Waals surface area (Å²) in [4.78, 5) is 14.5. The molecular weight excluding hydrogens is 150 g/mol. The van der Waals surface area contributed by atoms with Gasteiger partial charge in [-0.1, -0.05) is 6.07 Å². The lowest BCUT2D eigenvalue weighted by molar-refractivity contribution is -0.104. The van der Waals surface area contributed by atoms with Crippen LogP contribution in [0, 0.1) is 0 Å². The Hall–Kier alpha value is -1.44. The number of carbonyl (C=O) groups is 1. The third-order valence-corrected chi connectivity index (χ3v) is 2.13. The summed E-state index contributed by atoms with van der Waals surface area (Å²) in [5.74, 6) is 0. The maximum absolute atomic E-state index is 10.3. The van der Waals surface area contributed by atoms with Crippen molar-refractivity contribution in [3.05, 3.63) is 35.7 Å². The number of hydrogen-bond donors (Lipinski definition) is 0. The molecule has 0 unspecified atom stereocenters. The third kappa shape index (κ3) is 1.05. The number of fused-ring (bicyclic) bond motifs is 1. The number of aromatic nitrogens is 1. The highest BCUT2D eigenvalue weighted by Crippen LogP contribution is 2.29. The molecule has 60 valence electrons. The lowest BCUT2D eigenvalue weighted by atomic mass is 10.2. The van der Waals surface area contributed by atoms with E-state index in [1.165, 1.54) is 5.56 Å². The van der Waals surface area contributed by atoms with Gasteiger partial charge in [0.1, 0.15) is 6.29 Å². The molecule has 1 aromatic heterocycles. The maximum atomic E-state index is 10.3. The number of pyridine rings is 1. The van der Waals surface area contributed by atoms with Crippen molar-refractivity contribution in [2.75, 3.05) is 0 Å². The van der Waals surface area contributed by atoms with Gasteiger partial charge in [0, 0.05) is 6.20 Å². The molecule has 0 amide bonds. The highest BCUT2D eigenvalue weighted by Gasteiger charge is 2.15. The molecule has 0 aliphatic heterocycles. The van der Waals surface area contributed by atoms with Crippen LogP contribution < -0.4 is 0 Å². The quantitative estimate of drug-likeness (QED) is 0.460. The van der Waals surface area contributed by atoms with Crippen LogP contribution in [0.2, 0.25) is 0 Å². The molecule has 2 heteroatoms. The first kappa shape index (κ1) is 7.22. The third-order valence-electron chi connectivity index (χ3n) is 2.13. The monoisotopic (exact) mass is 159 g/mol. The number of nitrogens with zero attached hydrogens (tertiary/aromatic N) is 1. The summed E-state index contributed by atoms with van der Waals surface area (Å²) in [7, 11) is 0. The molecular formula is C10H9NO. The standard InChI is InChI=1S/C10H9NO/c12-7-5-9-4-3-8-2-1-6-11-10(8)9/h1-2,5-7H,3-4H2/b9-5+. The Morgan fingerprint density at radius 2 is 2.33 bits per heavy atom. The first-order chi connectivity index (χ1) is 5.92. The Kier molecular flexibility index (Phi) is 1.74. The lowest BCUT2D eigenvalue weighted by Gasteiger charge is -1.95. The van der Waals surface area contributed by atoms with Crippen molar-refractivity contribution in [1.82, 2.24) is 4.98 Å². The number of allylic oxidation sites excluding steroid dienone is 2. The Morgan fingerprint density at radius 3 is 3.17 bits per heavy atom. The van der Waals surface area contributed by atoms with Crippen LogP contribution in [0.25, 0.3) is 5.57 Å². The van der Waals surface area contributed by atoms with E-state index in [0.717, 1.165) is 30.4 Å². The zero-order valence-electron chi connectivity index (χ0n) is 6.66. The normalized spacial score (nSPS) is 17.8. The molecule has 1 heterocycles. The van der Waals surface area contributed by atoms with Crippen molar-refractivity contribution in [3.8, 4) is 0 Å². The molecule has 2 rings (SSSR count). The van der Waals surface area contributed by atoms with Gasteiger partial charge in [-0.25, -0.2) is 0 Å². The molecule has 1 aliphatic carbocycles. The van der Waals surface area contributed by atoms with Gasteiger partial charge >= 0.3 is 0 Å². The van der Waals surface area contributed by atoms with E-state index in [1.54, 1.807) is 12.3 Å². The molecule has 2 nitrogen and oxygen atoms in total. The minimum atomic E-state index is 0.832. The van der Waals surface area contributed by atoms with Crippen LogP contribution in [-0.4, -0.2) is 11.3 Å². The molecule has 0 N–H and O–H groups in total. The first-order valence-corrected chi connectivity index (χ1v) is 4.00. The van der Waals surface area contributed by atoms with Gasteiger partial charge in [-0.15, -0.1) is 0 Å². The molecule has 0 bridgehead atoms. The van der Waals surface area contributed by atoms with Gasteiger partial charge in [0.2, 0.25) is 0 Å². The van der Waals surface area contributed by atoms with E-state index < -0.39 is 0 Å². The molecule has 1 aliphatic rings. The van der Waals surface area contributed by atoms with Gasteiger partial charge in [0.25, 0.3) is 0 Å². The van der Waals surface area contributed by atoms with Crippen molar-refractivity contribution in [3.63, 3.8) is 0 Å². The summed E-state index contributed by atoms with van der Waals surface area (Å²) in [6.45, 7) is 0. The summed E-state index contributed by atoms with van der Waals surface area (Å²) in [5, 5.41) is 0. The van der Waals surface area contributed by atoms with Gasteiger partial charge in [0.05, 0.1) is 5.69 Å². The van der Waals surface area contributed by atoms with Crippen molar-refractivity contribution in [2.24, 2.45) is 0 Å². The highest BCUT2D eigenvalue weighted by atomic mass is 16.1. The van der Waals surface area contributed by atoms with Crippen LogP contribution in [0.15, 0.2) is 24.4 Å². The fourth-order valence-electron chi connectivity index (χ4n) is 1.56. The van der Waals surface area contributed by atoms with Crippen LogP contribution in [-0.2, 0) is 11.2 Å². The first-order valence-electron chi connectivity index (χ1n) is 4.00. The fourth-order valence-corrected chi connectivity index (χ4v) is 1.56. The van der Waals surface area contributed by atoms with Crippen LogP contribution in [0.3, 0.4) is 0 Å². The zero-order valence-corrected chi connectivity index (χ0v) is 6.66. The Balaban J connectivity index is 2.49. The van der Waals surface area contributed by atoms with Crippen LogP contribution in [0.1, 0.15) is 17.7 Å². The van der Waals surface area contributed by atoms with E-state index in [2.05, 4.69) is 11.1 Å². The average molecular weight is 159 g/mol. The zero-order chi connectivity index (χ0) is 8.39. The topological polar surface area (TPSA) is 30.0 Å². The summed E-state index contributed by atoms with van der Waals surface area (Å²) in [6, 6.07) is 4.00. The maximum Gasteiger partial charge on any atom is 0.143 e. The number of aryl methyl sites for hydroxylation is 1. The van der Waals surface area contributed by atoms with Crippen molar-refractivity contribution in [2.45, 2.75) is 12.8 Å². The molecule has 0 spiro atoms. The number of hydrogen-bond acceptors (Lipinski definition) is 2. The van der Waals surface area contributed by atoms with Crippen LogP contribution in [0.5, 0.6) is 0 Å². The van der Waals surface area contributed by atoms with Crippen LogP contribution >= 0.6 is 0 Å².